The Hall–Kier alpha value is -5.12. The number of carbonyl (C=O) groups is 2. The van der Waals surface area contributed by atoms with E-state index < -0.39 is 17.7 Å². The van der Waals surface area contributed by atoms with Crippen LogP contribution in [0.3, 0.4) is 0 Å². The van der Waals surface area contributed by atoms with Crippen LogP contribution in [0.5, 0.6) is 5.75 Å². The van der Waals surface area contributed by atoms with Crippen LogP contribution in [0, 0.1) is 25.5 Å². The Bertz CT molecular complexity index is 1950. The number of pyridine rings is 2. The van der Waals surface area contributed by atoms with Gasteiger partial charge in [0.1, 0.15) is 17.2 Å². The highest BCUT2D eigenvalue weighted by molar-refractivity contribution is 6.01. The van der Waals surface area contributed by atoms with E-state index in [4.69, 9.17) is 9.72 Å². The summed E-state index contributed by atoms with van der Waals surface area (Å²) in [5.74, 6) is -1.98. The second-order valence-corrected chi connectivity index (χ2v) is 11.0. The number of amides is 1. The van der Waals surface area contributed by atoms with Crippen molar-refractivity contribution < 1.29 is 28.2 Å². The van der Waals surface area contributed by atoms with Crippen LogP contribution in [0.4, 0.5) is 8.78 Å². The largest absolute Gasteiger partial charge is 0.490 e. The monoisotopic (exact) mass is 596 g/mol. The van der Waals surface area contributed by atoms with Crippen molar-refractivity contribution in [3.63, 3.8) is 0 Å². The fourth-order valence-corrected chi connectivity index (χ4v) is 5.94. The van der Waals surface area contributed by atoms with E-state index in [-0.39, 0.29) is 30.2 Å². The first-order valence-corrected chi connectivity index (χ1v) is 14.3. The molecule has 0 saturated carbocycles. The average Bonchev–Trinajstić information content (AvgIpc) is 3.34. The van der Waals surface area contributed by atoms with E-state index in [0.29, 0.717) is 52.0 Å². The lowest BCUT2D eigenvalue weighted by Crippen LogP contribution is -2.23. The number of carbonyl (C=O) groups excluding carboxylic acids is 1. The number of ether oxygens (including phenoxy) is 1. The molecule has 1 amide bonds. The van der Waals surface area contributed by atoms with E-state index in [2.05, 4.69) is 10.3 Å². The van der Waals surface area contributed by atoms with Crippen molar-refractivity contribution in [1.82, 2.24) is 19.9 Å². The maximum absolute atomic E-state index is 15.4. The minimum absolute atomic E-state index is 0.193. The standard InChI is InChI=1S/C34H30F2N4O4/c1-18-23-5-4-12-44-32(23)27(36)14-24(18)31-25(16-30(41)42)19(2)39-33-26(31)15-29(40(33)3)21-10-11-37-28(13-21)34(43)38-17-20-6-8-22(35)9-7-20/h6-11,13-15H,4-5,12,16-17H2,1-3H3,(H,38,43)(H,41,42). The van der Waals surface area contributed by atoms with Crippen LogP contribution in [0.15, 0.2) is 54.7 Å². The molecule has 2 N–H and O–H groups in total. The number of benzene rings is 2. The van der Waals surface area contributed by atoms with Gasteiger partial charge in [-0.05, 0) is 90.9 Å². The van der Waals surface area contributed by atoms with Crippen molar-refractivity contribution in [2.75, 3.05) is 6.61 Å². The summed E-state index contributed by atoms with van der Waals surface area (Å²) in [5, 5.41) is 13.3. The molecular weight excluding hydrogens is 566 g/mol. The van der Waals surface area contributed by atoms with Crippen molar-refractivity contribution >= 4 is 22.9 Å². The Morgan fingerprint density at radius 1 is 1.09 bits per heavy atom. The van der Waals surface area contributed by atoms with Crippen LogP contribution in [0.2, 0.25) is 0 Å². The highest BCUT2D eigenvalue weighted by Gasteiger charge is 2.26. The molecule has 0 fully saturated rings. The van der Waals surface area contributed by atoms with Crippen molar-refractivity contribution in [2.24, 2.45) is 7.05 Å². The van der Waals surface area contributed by atoms with Crippen LogP contribution in [-0.2, 0) is 31.2 Å². The number of aromatic nitrogens is 3. The zero-order chi connectivity index (χ0) is 31.1. The van der Waals surface area contributed by atoms with E-state index >= 15 is 4.39 Å². The summed E-state index contributed by atoms with van der Waals surface area (Å²) < 4.78 is 36.2. The van der Waals surface area contributed by atoms with E-state index in [9.17, 15) is 19.1 Å². The maximum atomic E-state index is 15.4. The summed E-state index contributed by atoms with van der Waals surface area (Å²) in [4.78, 5) is 34.0. The number of hydrogen-bond acceptors (Lipinski definition) is 5. The van der Waals surface area contributed by atoms with Gasteiger partial charge in [-0.3, -0.25) is 14.6 Å². The minimum atomic E-state index is -1.02. The predicted octanol–water partition coefficient (Wildman–Crippen LogP) is 6.08. The molecule has 2 aromatic carbocycles. The molecule has 0 aliphatic carbocycles. The molecule has 4 heterocycles. The molecule has 0 atom stereocenters. The third-order valence-electron chi connectivity index (χ3n) is 8.17. The summed E-state index contributed by atoms with van der Waals surface area (Å²) in [6.07, 6.45) is 2.69. The SMILES string of the molecule is Cc1nc2c(cc(-c3ccnc(C(=O)NCc4ccc(F)cc4)c3)n2C)c(-c2cc(F)c3c(c2C)CCCO3)c1CC(=O)O. The Morgan fingerprint density at radius 3 is 2.61 bits per heavy atom. The summed E-state index contributed by atoms with van der Waals surface area (Å²) in [6.45, 7) is 4.33. The highest BCUT2D eigenvalue weighted by Crippen LogP contribution is 2.43. The molecule has 10 heteroatoms. The first-order valence-electron chi connectivity index (χ1n) is 14.3. The summed E-state index contributed by atoms with van der Waals surface area (Å²) in [7, 11) is 1.84. The normalized spacial score (nSPS) is 12.6. The Morgan fingerprint density at radius 2 is 1.86 bits per heavy atom. The summed E-state index contributed by atoms with van der Waals surface area (Å²) >= 11 is 0. The zero-order valence-electron chi connectivity index (χ0n) is 24.5. The number of nitrogens with one attached hydrogen (secondary N) is 1. The van der Waals surface area contributed by atoms with Crippen LogP contribution in [0.25, 0.3) is 33.4 Å². The van der Waals surface area contributed by atoms with E-state index in [1.807, 2.05) is 24.6 Å². The molecule has 3 aromatic heterocycles. The first-order chi connectivity index (χ1) is 21.1. The number of aryl methyl sites for hydroxylation is 2. The van der Waals surface area contributed by atoms with Gasteiger partial charge in [-0.1, -0.05) is 12.1 Å². The Kier molecular flexibility index (Phi) is 7.59. The topological polar surface area (TPSA) is 106 Å². The van der Waals surface area contributed by atoms with Crippen molar-refractivity contribution in [2.45, 2.75) is 39.7 Å². The number of carboxylic acids is 1. The van der Waals surface area contributed by atoms with Crippen LogP contribution in [0.1, 0.15) is 44.9 Å². The highest BCUT2D eigenvalue weighted by atomic mass is 19.1. The van der Waals surface area contributed by atoms with Gasteiger partial charge in [0.2, 0.25) is 0 Å². The van der Waals surface area contributed by atoms with Gasteiger partial charge in [0, 0.05) is 42.0 Å². The predicted molar refractivity (Wildman–Crippen MR) is 162 cm³/mol. The molecule has 0 radical (unpaired) electrons. The maximum Gasteiger partial charge on any atom is 0.307 e. The summed E-state index contributed by atoms with van der Waals surface area (Å²) in [6, 6.07) is 12.6. The number of halogens is 2. The smallest absolute Gasteiger partial charge is 0.307 e. The molecule has 0 saturated heterocycles. The van der Waals surface area contributed by atoms with Gasteiger partial charge >= 0.3 is 5.97 Å². The van der Waals surface area contributed by atoms with Gasteiger partial charge in [0.15, 0.2) is 11.6 Å². The molecule has 1 aliphatic heterocycles. The van der Waals surface area contributed by atoms with Crippen molar-refractivity contribution in [3.8, 4) is 28.1 Å². The zero-order valence-corrected chi connectivity index (χ0v) is 24.5. The fraction of sp³-hybridized carbons (Fsp3) is 0.235. The summed E-state index contributed by atoms with van der Waals surface area (Å²) in [5.41, 5.74) is 6.84. The fourth-order valence-electron chi connectivity index (χ4n) is 5.94. The van der Waals surface area contributed by atoms with E-state index in [1.54, 1.807) is 31.2 Å². The lowest BCUT2D eigenvalue weighted by Gasteiger charge is -2.23. The second kappa shape index (κ2) is 11.5. The number of carboxylic acid groups (broad SMARTS) is 1. The molecule has 0 bridgehead atoms. The Balaban J connectivity index is 1.46. The number of nitrogens with zero attached hydrogens (tertiary/aromatic N) is 3. The molecule has 44 heavy (non-hydrogen) atoms. The number of rotatable bonds is 7. The molecule has 8 nitrogen and oxygen atoms in total. The van der Waals surface area contributed by atoms with Gasteiger partial charge in [-0.15, -0.1) is 0 Å². The second-order valence-electron chi connectivity index (χ2n) is 11.0. The number of fused-ring (bicyclic) bond motifs is 2. The lowest BCUT2D eigenvalue weighted by atomic mass is 9.87. The molecular formula is C34H30F2N4O4. The van der Waals surface area contributed by atoms with Crippen molar-refractivity contribution in [3.05, 3.63) is 100 Å². The molecule has 0 unspecified atom stereocenters. The van der Waals surface area contributed by atoms with E-state index in [0.717, 1.165) is 28.8 Å². The molecule has 224 valence electrons. The van der Waals surface area contributed by atoms with Crippen molar-refractivity contribution in [1.29, 1.82) is 0 Å². The number of hydrogen-bond donors (Lipinski definition) is 2. The van der Waals surface area contributed by atoms with Gasteiger partial charge < -0.3 is 19.7 Å². The first kappa shape index (κ1) is 29.0. The lowest BCUT2D eigenvalue weighted by molar-refractivity contribution is -0.136. The van der Waals surface area contributed by atoms with Crippen LogP contribution >= 0.6 is 0 Å². The van der Waals surface area contributed by atoms with Crippen LogP contribution < -0.4 is 10.1 Å². The van der Waals surface area contributed by atoms with E-state index in [1.165, 1.54) is 24.4 Å². The van der Waals surface area contributed by atoms with Gasteiger partial charge in [0.25, 0.3) is 5.91 Å². The van der Waals surface area contributed by atoms with Gasteiger partial charge in [0.05, 0.1) is 18.7 Å². The third kappa shape index (κ3) is 5.27. The molecule has 5 aromatic rings. The number of aliphatic carboxylic acids is 1. The third-order valence-corrected chi connectivity index (χ3v) is 8.17. The molecule has 6 rings (SSSR count). The van der Waals surface area contributed by atoms with Gasteiger partial charge in [-0.2, -0.15) is 0 Å². The minimum Gasteiger partial charge on any atom is -0.490 e. The van der Waals surface area contributed by atoms with Crippen LogP contribution in [-0.4, -0.2) is 38.1 Å². The quantitative estimate of drug-likeness (QED) is 0.236. The molecule has 0 spiro atoms. The molecule has 1 aliphatic rings. The van der Waals surface area contributed by atoms with Gasteiger partial charge in [-0.25, -0.2) is 13.8 Å². The average molecular weight is 597 g/mol. The Labute approximate surface area is 252 Å².